The molecule has 0 aliphatic carbocycles. The van der Waals surface area contributed by atoms with Gasteiger partial charge in [0.05, 0.1) is 6.54 Å². The Morgan fingerprint density at radius 3 is 2.79 bits per heavy atom. The Kier molecular flexibility index (Phi) is 4.93. The molecular weight excluding hydrogens is 238 g/mol. The van der Waals surface area contributed by atoms with Gasteiger partial charge in [-0.25, -0.2) is 0 Å². The normalized spacial score (nSPS) is 19.4. The molecule has 2 rings (SSSR count). The fourth-order valence-corrected chi connectivity index (χ4v) is 2.40. The number of hydrogen-bond donors (Lipinski definition) is 2. The van der Waals surface area contributed by atoms with E-state index in [0.717, 1.165) is 18.8 Å². The molecule has 1 aromatic carbocycles. The highest BCUT2D eigenvalue weighted by Gasteiger charge is 2.19. The Morgan fingerprint density at radius 1 is 1.42 bits per heavy atom. The van der Waals surface area contributed by atoms with Crippen LogP contribution in [-0.4, -0.2) is 43.5 Å². The van der Waals surface area contributed by atoms with Crippen molar-refractivity contribution < 1.29 is 4.79 Å². The van der Waals surface area contributed by atoms with Crippen molar-refractivity contribution in [2.24, 2.45) is 0 Å². The zero-order valence-corrected chi connectivity index (χ0v) is 11.8. The third kappa shape index (κ3) is 4.33. The van der Waals surface area contributed by atoms with E-state index in [0.29, 0.717) is 12.6 Å². The van der Waals surface area contributed by atoms with Crippen LogP contribution in [-0.2, 0) is 4.79 Å². The lowest BCUT2D eigenvalue weighted by atomic mass is 10.1. The number of aryl methyl sites for hydroxylation is 1. The zero-order valence-electron chi connectivity index (χ0n) is 11.8. The van der Waals surface area contributed by atoms with Crippen LogP contribution in [0.4, 0.5) is 5.69 Å². The van der Waals surface area contributed by atoms with Gasteiger partial charge in [0.15, 0.2) is 0 Å². The predicted octanol–water partition coefficient (Wildman–Crippen LogP) is 1.62. The van der Waals surface area contributed by atoms with Crippen LogP contribution in [0.1, 0.15) is 18.4 Å². The highest BCUT2D eigenvalue weighted by atomic mass is 16.2. The number of nitrogens with one attached hydrogen (secondary N) is 2. The molecule has 4 nitrogen and oxygen atoms in total. The third-order valence-electron chi connectivity index (χ3n) is 3.62. The van der Waals surface area contributed by atoms with Crippen molar-refractivity contribution in [1.29, 1.82) is 0 Å². The van der Waals surface area contributed by atoms with E-state index in [4.69, 9.17) is 0 Å². The first-order chi connectivity index (χ1) is 9.15. The van der Waals surface area contributed by atoms with Gasteiger partial charge in [-0.3, -0.25) is 9.69 Å². The fourth-order valence-electron chi connectivity index (χ4n) is 2.40. The second-order valence-corrected chi connectivity index (χ2v) is 5.33. The van der Waals surface area contributed by atoms with Gasteiger partial charge in [-0.2, -0.15) is 0 Å². The molecule has 1 saturated heterocycles. The van der Waals surface area contributed by atoms with E-state index < -0.39 is 0 Å². The number of nitrogens with zero attached hydrogens (tertiary/aromatic N) is 1. The summed E-state index contributed by atoms with van der Waals surface area (Å²) < 4.78 is 0. The number of piperidine rings is 1. The van der Waals surface area contributed by atoms with Crippen molar-refractivity contribution in [2.45, 2.75) is 25.8 Å². The van der Waals surface area contributed by atoms with E-state index in [2.05, 4.69) is 15.5 Å². The van der Waals surface area contributed by atoms with E-state index in [1.54, 1.807) is 0 Å². The lowest BCUT2D eigenvalue weighted by Gasteiger charge is -2.31. The number of hydrogen-bond acceptors (Lipinski definition) is 3. The number of carbonyl (C=O) groups excluding carboxylic acids is 1. The first-order valence-corrected chi connectivity index (χ1v) is 6.92. The van der Waals surface area contributed by atoms with Gasteiger partial charge in [-0.05, 0) is 45.5 Å². The molecule has 19 heavy (non-hydrogen) atoms. The summed E-state index contributed by atoms with van der Waals surface area (Å²) in [6, 6.07) is 8.36. The van der Waals surface area contributed by atoms with Crippen LogP contribution in [0.5, 0.6) is 0 Å². The van der Waals surface area contributed by atoms with Crippen LogP contribution in [0.15, 0.2) is 24.3 Å². The summed E-state index contributed by atoms with van der Waals surface area (Å²) in [5.41, 5.74) is 2.06. The molecule has 0 bridgehead atoms. The summed E-state index contributed by atoms with van der Waals surface area (Å²) in [5.74, 6) is 0.0527. The van der Waals surface area contributed by atoms with Crippen LogP contribution in [0.25, 0.3) is 0 Å². The Labute approximate surface area is 115 Å². The number of rotatable bonds is 4. The fraction of sp³-hybridized carbons (Fsp3) is 0.533. The monoisotopic (exact) mass is 261 g/mol. The molecule has 1 unspecified atom stereocenters. The van der Waals surface area contributed by atoms with Crippen LogP contribution in [0.3, 0.4) is 0 Å². The second-order valence-electron chi connectivity index (χ2n) is 5.33. The summed E-state index contributed by atoms with van der Waals surface area (Å²) in [5, 5.41) is 6.31. The molecule has 104 valence electrons. The van der Waals surface area contributed by atoms with Crippen molar-refractivity contribution in [1.82, 2.24) is 10.2 Å². The molecule has 0 saturated carbocycles. The molecule has 1 amide bonds. The number of amides is 1. The maximum Gasteiger partial charge on any atom is 0.238 e. The van der Waals surface area contributed by atoms with Gasteiger partial charge in [-0.15, -0.1) is 0 Å². The van der Waals surface area contributed by atoms with Gasteiger partial charge in [0, 0.05) is 18.3 Å². The smallest absolute Gasteiger partial charge is 0.238 e. The minimum atomic E-state index is 0.0527. The average Bonchev–Trinajstić information content (AvgIpc) is 2.42. The Morgan fingerprint density at radius 2 is 2.16 bits per heavy atom. The number of benzene rings is 1. The van der Waals surface area contributed by atoms with Crippen molar-refractivity contribution in [2.75, 3.05) is 32.0 Å². The molecule has 1 aromatic rings. The van der Waals surface area contributed by atoms with Gasteiger partial charge in [0.2, 0.25) is 5.91 Å². The Hall–Kier alpha value is -1.39. The van der Waals surface area contributed by atoms with E-state index in [1.165, 1.54) is 18.4 Å². The van der Waals surface area contributed by atoms with Gasteiger partial charge in [-0.1, -0.05) is 17.7 Å². The van der Waals surface area contributed by atoms with E-state index in [1.807, 2.05) is 38.2 Å². The molecule has 0 aromatic heterocycles. The van der Waals surface area contributed by atoms with E-state index in [-0.39, 0.29) is 5.91 Å². The molecule has 1 aliphatic heterocycles. The van der Waals surface area contributed by atoms with Crippen molar-refractivity contribution in [3.05, 3.63) is 29.8 Å². The summed E-state index contributed by atoms with van der Waals surface area (Å²) in [6.45, 7) is 4.56. The predicted molar refractivity (Wildman–Crippen MR) is 78.3 cm³/mol. The lowest BCUT2D eigenvalue weighted by Crippen LogP contribution is -2.46. The Bertz CT molecular complexity index is 410. The van der Waals surface area contributed by atoms with Crippen LogP contribution in [0.2, 0.25) is 0 Å². The summed E-state index contributed by atoms with van der Waals surface area (Å²) in [4.78, 5) is 14.1. The van der Waals surface area contributed by atoms with Crippen LogP contribution >= 0.6 is 0 Å². The molecule has 0 radical (unpaired) electrons. The number of likely N-dealkylation sites (N-methyl/N-ethyl adjacent to an activating group) is 1. The molecule has 4 heteroatoms. The van der Waals surface area contributed by atoms with Crippen LogP contribution in [0, 0.1) is 6.92 Å². The molecule has 1 atom stereocenters. The summed E-state index contributed by atoms with van der Waals surface area (Å²) in [6.07, 6.45) is 2.36. The summed E-state index contributed by atoms with van der Waals surface area (Å²) >= 11 is 0. The number of anilines is 1. The number of carbonyl (C=O) groups is 1. The minimum Gasteiger partial charge on any atom is -0.325 e. The average molecular weight is 261 g/mol. The third-order valence-corrected chi connectivity index (χ3v) is 3.62. The first-order valence-electron chi connectivity index (χ1n) is 6.92. The highest BCUT2D eigenvalue weighted by molar-refractivity contribution is 5.92. The highest BCUT2D eigenvalue weighted by Crippen LogP contribution is 2.10. The summed E-state index contributed by atoms with van der Waals surface area (Å²) in [7, 11) is 2.02. The van der Waals surface area contributed by atoms with E-state index in [9.17, 15) is 4.79 Å². The van der Waals surface area contributed by atoms with Crippen molar-refractivity contribution in [3.8, 4) is 0 Å². The topological polar surface area (TPSA) is 44.4 Å². The zero-order chi connectivity index (χ0) is 13.7. The van der Waals surface area contributed by atoms with Gasteiger partial charge < -0.3 is 10.6 Å². The lowest BCUT2D eigenvalue weighted by molar-refractivity contribution is -0.117. The van der Waals surface area contributed by atoms with Gasteiger partial charge >= 0.3 is 0 Å². The maximum atomic E-state index is 12.0. The SMILES string of the molecule is Cc1ccc(NC(=O)CN(C)C2CCCNC2)cc1. The Balaban J connectivity index is 1.81. The second kappa shape index (κ2) is 6.68. The largest absolute Gasteiger partial charge is 0.325 e. The maximum absolute atomic E-state index is 12.0. The van der Waals surface area contributed by atoms with Crippen molar-refractivity contribution >= 4 is 11.6 Å². The standard InChI is InChI=1S/C15H23N3O/c1-12-5-7-13(8-6-12)17-15(19)11-18(2)14-4-3-9-16-10-14/h5-8,14,16H,3-4,9-11H2,1-2H3,(H,17,19). The van der Waals surface area contributed by atoms with Gasteiger partial charge in [0.25, 0.3) is 0 Å². The molecular formula is C15H23N3O. The molecule has 1 heterocycles. The van der Waals surface area contributed by atoms with Gasteiger partial charge in [0.1, 0.15) is 0 Å². The molecule has 1 aliphatic rings. The molecule has 2 N–H and O–H groups in total. The quantitative estimate of drug-likeness (QED) is 0.865. The van der Waals surface area contributed by atoms with E-state index >= 15 is 0 Å². The molecule has 0 spiro atoms. The van der Waals surface area contributed by atoms with Crippen LogP contribution < -0.4 is 10.6 Å². The molecule has 1 fully saturated rings. The van der Waals surface area contributed by atoms with Crippen molar-refractivity contribution in [3.63, 3.8) is 0 Å². The first kappa shape index (κ1) is 14.0. The minimum absolute atomic E-state index is 0.0527.